The average molecular weight is 475 g/mol. The number of benzene rings is 2. The summed E-state index contributed by atoms with van der Waals surface area (Å²) in [5.74, 6) is -4.80. The molecule has 1 atom stereocenters. The Morgan fingerprint density at radius 1 is 1.15 bits per heavy atom. The average Bonchev–Trinajstić information content (AvgIpc) is 2.97. The number of Topliss-reactive ketones (excluding diaryl/α,β-unsaturated/α-hetero) is 1. The van der Waals surface area contributed by atoms with Gasteiger partial charge in [-0.3, -0.25) is 4.79 Å². The van der Waals surface area contributed by atoms with E-state index in [4.69, 9.17) is 14.7 Å². The van der Waals surface area contributed by atoms with Crippen LogP contribution in [0.1, 0.15) is 21.5 Å². The van der Waals surface area contributed by atoms with E-state index in [1.54, 1.807) is 0 Å². The number of halogens is 2. The van der Waals surface area contributed by atoms with Gasteiger partial charge in [0, 0.05) is 0 Å². The zero-order valence-electron chi connectivity index (χ0n) is 18.1. The SMILES string of the molecule is BC(B)(c1ccc(F)cc1)S(=O)(=O)OC1=C(N)O[C@@](B)(c2ccc(C(=O)OC)c(F)c2)C1=O. The number of hydrogen-bond acceptors (Lipinski definition) is 8. The molecule has 2 N–H and O–H groups in total. The van der Waals surface area contributed by atoms with E-state index in [2.05, 4.69) is 4.74 Å². The lowest BCUT2D eigenvalue weighted by molar-refractivity contribution is -0.126. The van der Waals surface area contributed by atoms with Gasteiger partial charge >= 0.3 is 16.1 Å². The molecule has 0 unspecified atom stereocenters. The zero-order chi connectivity index (χ0) is 24.8. The molecule has 0 aromatic heterocycles. The van der Waals surface area contributed by atoms with Crippen LogP contribution in [0.4, 0.5) is 8.78 Å². The first-order valence-electron chi connectivity index (χ1n) is 9.56. The van der Waals surface area contributed by atoms with Gasteiger partial charge in [-0.1, -0.05) is 18.2 Å². The molecule has 2 aromatic carbocycles. The molecule has 0 saturated heterocycles. The van der Waals surface area contributed by atoms with Crippen molar-refractivity contribution in [1.29, 1.82) is 0 Å². The number of rotatable bonds is 6. The Bertz CT molecular complexity index is 1280. The Morgan fingerprint density at radius 3 is 2.30 bits per heavy atom. The van der Waals surface area contributed by atoms with E-state index in [-0.39, 0.29) is 16.7 Å². The lowest BCUT2D eigenvalue weighted by Gasteiger charge is -2.26. The third-order valence-electron chi connectivity index (χ3n) is 5.46. The van der Waals surface area contributed by atoms with E-state index in [9.17, 15) is 26.8 Å². The van der Waals surface area contributed by atoms with Crippen LogP contribution in [-0.4, -0.2) is 50.8 Å². The molecule has 0 saturated carbocycles. The van der Waals surface area contributed by atoms with Gasteiger partial charge < -0.3 is 19.4 Å². The van der Waals surface area contributed by atoms with Gasteiger partial charge in [-0.05, 0) is 35.4 Å². The predicted octanol–water partition coefficient (Wildman–Crippen LogP) is -1.31. The van der Waals surface area contributed by atoms with Crippen molar-refractivity contribution < 1.29 is 40.4 Å². The summed E-state index contributed by atoms with van der Waals surface area (Å²) in [6.07, 6.45) is 0. The maximum atomic E-state index is 14.4. The highest BCUT2D eigenvalue weighted by molar-refractivity contribution is 7.90. The molecule has 0 aliphatic carbocycles. The Labute approximate surface area is 191 Å². The molecular formula is C19H18B3F2NO7S. The molecule has 170 valence electrons. The second-order valence-corrected chi connectivity index (χ2v) is 9.99. The first kappa shape index (κ1) is 24.4. The summed E-state index contributed by atoms with van der Waals surface area (Å²) in [6.45, 7) is 0. The van der Waals surface area contributed by atoms with Crippen LogP contribution in [0.2, 0.25) is 0 Å². The first-order valence-corrected chi connectivity index (χ1v) is 11.0. The number of carbonyl (C=O) groups is 2. The Balaban J connectivity index is 1.93. The highest BCUT2D eigenvalue weighted by Crippen LogP contribution is 2.38. The highest BCUT2D eigenvalue weighted by Gasteiger charge is 2.51. The van der Waals surface area contributed by atoms with Gasteiger partial charge in [0.25, 0.3) is 0 Å². The molecule has 0 fully saturated rings. The third kappa shape index (κ3) is 4.10. The Hall–Kier alpha value is -3.28. The van der Waals surface area contributed by atoms with Gasteiger partial charge in [-0.25, -0.2) is 13.6 Å². The zero-order valence-corrected chi connectivity index (χ0v) is 19.0. The highest BCUT2D eigenvalue weighted by atomic mass is 32.2. The Morgan fingerprint density at radius 2 is 1.76 bits per heavy atom. The molecule has 1 heterocycles. The van der Waals surface area contributed by atoms with E-state index in [1.807, 2.05) is 0 Å². The fourth-order valence-corrected chi connectivity index (χ4v) is 4.22. The van der Waals surface area contributed by atoms with E-state index >= 15 is 0 Å². The number of methoxy groups -OCH3 is 1. The summed E-state index contributed by atoms with van der Waals surface area (Å²) in [5, 5.41) is 0. The summed E-state index contributed by atoms with van der Waals surface area (Å²) < 4.78 is 67.0. The summed E-state index contributed by atoms with van der Waals surface area (Å²) in [6, 6.07) is 7.97. The molecule has 14 heteroatoms. The molecule has 33 heavy (non-hydrogen) atoms. The van der Waals surface area contributed by atoms with E-state index in [0.717, 1.165) is 31.4 Å². The molecule has 0 radical (unpaired) electrons. The van der Waals surface area contributed by atoms with Crippen LogP contribution in [0, 0.1) is 11.6 Å². The third-order valence-corrected chi connectivity index (χ3v) is 7.33. The molecular weight excluding hydrogens is 457 g/mol. The van der Waals surface area contributed by atoms with Gasteiger partial charge in [0.15, 0.2) is 13.3 Å². The summed E-state index contributed by atoms with van der Waals surface area (Å²) in [5.41, 5.74) is 3.66. The van der Waals surface area contributed by atoms with Crippen molar-refractivity contribution in [2.45, 2.75) is 10.0 Å². The minimum Gasteiger partial charge on any atom is -0.467 e. The maximum Gasteiger partial charge on any atom is 0.340 e. The molecule has 0 bridgehead atoms. The van der Waals surface area contributed by atoms with Crippen molar-refractivity contribution in [1.82, 2.24) is 0 Å². The van der Waals surface area contributed by atoms with Crippen LogP contribution in [0.5, 0.6) is 0 Å². The monoisotopic (exact) mass is 475 g/mol. The minimum absolute atomic E-state index is 0.0330. The molecule has 1 aliphatic rings. The molecule has 8 nitrogen and oxygen atoms in total. The molecule has 0 amide bonds. The van der Waals surface area contributed by atoms with E-state index < -0.39 is 55.2 Å². The number of hydrogen-bond donors (Lipinski definition) is 1. The summed E-state index contributed by atoms with van der Waals surface area (Å²) >= 11 is 0. The summed E-state index contributed by atoms with van der Waals surface area (Å²) in [7, 11) is 0.430. The van der Waals surface area contributed by atoms with Crippen molar-refractivity contribution >= 4 is 45.4 Å². The quantitative estimate of drug-likeness (QED) is 0.311. The number of nitrogens with two attached hydrogens (primary N) is 1. The molecule has 3 rings (SSSR count). The second kappa shape index (κ2) is 8.25. The van der Waals surface area contributed by atoms with Crippen LogP contribution < -0.4 is 5.73 Å². The van der Waals surface area contributed by atoms with Crippen molar-refractivity contribution in [3.8, 4) is 0 Å². The van der Waals surface area contributed by atoms with Crippen molar-refractivity contribution in [3.05, 3.63) is 82.4 Å². The van der Waals surface area contributed by atoms with Crippen LogP contribution in [-0.2, 0) is 38.6 Å². The number of ketones is 1. The van der Waals surface area contributed by atoms with Gasteiger partial charge in [0.2, 0.25) is 17.4 Å². The largest absolute Gasteiger partial charge is 0.467 e. The fourth-order valence-electron chi connectivity index (χ4n) is 3.21. The standard InChI is InChI=1S/C19H18B3F2NO7S/c1-30-17(27)12-7-4-10(8-13(12)24)18(20)15(26)14(16(25)31-18)32-33(28,29)19(21,22)9-2-5-11(23)6-3-9/h2-8H,20-22,25H2,1H3/t18-/m0/s1. The van der Waals surface area contributed by atoms with Crippen LogP contribution >= 0.6 is 0 Å². The second-order valence-electron chi connectivity index (χ2n) is 7.90. The molecule has 2 aromatic rings. The van der Waals surface area contributed by atoms with Crippen molar-refractivity contribution in [3.63, 3.8) is 0 Å². The van der Waals surface area contributed by atoms with Crippen molar-refractivity contribution in [2.24, 2.45) is 5.73 Å². The Kier molecular flexibility index (Phi) is 6.09. The van der Waals surface area contributed by atoms with E-state index in [1.165, 1.54) is 41.7 Å². The lowest BCUT2D eigenvalue weighted by atomic mass is 9.65. The smallest absolute Gasteiger partial charge is 0.340 e. The lowest BCUT2D eigenvalue weighted by Crippen LogP contribution is -2.40. The van der Waals surface area contributed by atoms with E-state index in [0.29, 0.717) is 0 Å². The minimum atomic E-state index is -4.53. The van der Waals surface area contributed by atoms with Crippen molar-refractivity contribution in [2.75, 3.05) is 7.11 Å². The predicted molar refractivity (Wildman–Crippen MR) is 120 cm³/mol. The van der Waals surface area contributed by atoms with Crippen LogP contribution in [0.25, 0.3) is 0 Å². The number of ether oxygens (including phenoxy) is 2. The fraction of sp³-hybridized carbons (Fsp3) is 0.158. The van der Waals surface area contributed by atoms with Gasteiger partial charge in [-0.2, -0.15) is 8.42 Å². The van der Waals surface area contributed by atoms with Gasteiger partial charge in [0.05, 0.1) is 17.2 Å². The maximum absolute atomic E-state index is 14.4. The number of esters is 1. The van der Waals surface area contributed by atoms with Gasteiger partial charge in [0.1, 0.15) is 27.3 Å². The topological polar surface area (TPSA) is 122 Å². The molecule has 0 spiro atoms. The first-order chi connectivity index (χ1) is 15.2. The molecule has 1 aliphatic heterocycles. The normalized spacial score (nSPS) is 18.7. The van der Waals surface area contributed by atoms with Crippen LogP contribution in [0.15, 0.2) is 54.1 Å². The number of carbonyl (C=O) groups excluding carboxylic acids is 2. The van der Waals surface area contributed by atoms with Crippen LogP contribution in [0.3, 0.4) is 0 Å². The van der Waals surface area contributed by atoms with Gasteiger partial charge in [-0.15, -0.1) is 0 Å². The summed E-state index contributed by atoms with van der Waals surface area (Å²) in [4.78, 5) is 24.7.